The number of carbonyl (C=O) groups excluding carboxylic acids is 1. The molecule has 0 amide bonds. The molecule has 1 aromatic carbocycles. The van der Waals surface area contributed by atoms with Crippen molar-refractivity contribution in [2.24, 2.45) is 0 Å². The van der Waals surface area contributed by atoms with Crippen molar-refractivity contribution in [3.63, 3.8) is 0 Å². The molecule has 0 aromatic heterocycles. The minimum Gasteiger partial charge on any atom is -0.400 e. The van der Waals surface area contributed by atoms with Gasteiger partial charge in [0.1, 0.15) is 12.0 Å². The van der Waals surface area contributed by atoms with Crippen LogP contribution in [0.25, 0.3) is 0 Å². The zero-order valence-electron chi connectivity index (χ0n) is 8.88. The highest BCUT2D eigenvalue weighted by Crippen LogP contribution is 2.25. The number of alkyl halides is 3. The van der Waals surface area contributed by atoms with Crippen LogP contribution in [0.1, 0.15) is 15.9 Å². The summed E-state index contributed by atoms with van der Waals surface area (Å²) in [4.78, 5) is 10.3. The van der Waals surface area contributed by atoms with E-state index in [-0.39, 0.29) is 11.3 Å². The first kappa shape index (κ1) is 15.1. The molecule has 7 heteroatoms. The number of anilines is 1. The molecule has 0 aliphatic heterocycles. The Bertz CT molecular complexity index is 417. The third-order valence-corrected chi connectivity index (χ3v) is 1.76. The molecule has 0 atom stereocenters. The van der Waals surface area contributed by atoms with Crippen LogP contribution in [0.4, 0.5) is 18.9 Å². The zero-order valence-corrected chi connectivity index (χ0v) is 8.88. The van der Waals surface area contributed by atoms with Gasteiger partial charge in [-0.25, -0.2) is 0 Å². The van der Waals surface area contributed by atoms with Gasteiger partial charge in [0.2, 0.25) is 0 Å². The quantitative estimate of drug-likeness (QED) is 0.422. The van der Waals surface area contributed by atoms with Crippen molar-refractivity contribution < 1.29 is 23.1 Å². The molecule has 0 saturated heterocycles. The molecule has 4 N–H and O–H groups in total. The van der Waals surface area contributed by atoms with Gasteiger partial charge in [-0.3, -0.25) is 10.2 Å². The van der Waals surface area contributed by atoms with Gasteiger partial charge in [-0.05, 0) is 6.07 Å². The number of hydrogen-bond donors (Lipinski definition) is 3. The smallest absolute Gasteiger partial charge is 0.400 e. The molecule has 0 saturated carbocycles. The minimum absolute atomic E-state index is 0.172. The lowest BCUT2D eigenvalue weighted by Crippen LogP contribution is -2.23. The molecule has 0 aliphatic rings. The lowest BCUT2D eigenvalue weighted by molar-refractivity contribution is -0.0587. The summed E-state index contributed by atoms with van der Waals surface area (Å²) in [5, 5.41) is 13.9. The van der Waals surface area contributed by atoms with Crippen LogP contribution in [-0.4, -0.2) is 30.4 Å². The first-order chi connectivity index (χ1) is 7.86. The molecular formula is C10H11F3N2O2. The summed E-state index contributed by atoms with van der Waals surface area (Å²) in [6, 6.07) is 3.29. The number of nitrogens with one attached hydrogen (secondary N) is 1. The lowest BCUT2D eigenvalue weighted by atomic mass is 10.1. The second-order valence-electron chi connectivity index (χ2n) is 2.84. The van der Waals surface area contributed by atoms with Gasteiger partial charge in [-0.15, -0.1) is 0 Å². The Morgan fingerprint density at radius 2 is 1.94 bits per heavy atom. The molecule has 4 nitrogen and oxygen atoms in total. The summed E-state index contributed by atoms with van der Waals surface area (Å²) < 4.78 is 36.4. The average Bonchev–Trinajstić information content (AvgIpc) is 2.29. The van der Waals surface area contributed by atoms with E-state index in [1.807, 2.05) is 0 Å². The maximum absolute atomic E-state index is 12.1. The molecule has 0 unspecified atom stereocenters. The second kappa shape index (κ2) is 6.00. The summed E-state index contributed by atoms with van der Waals surface area (Å²) in [7, 11) is 1.00. The molecule has 0 spiro atoms. The Morgan fingerprint density at radius 3 is 2.29 bits per heavy atom. The maximum Gasteiger partial charge on any atom is 0.433 e. The number of aliphatic hydroxyl groups is 1. The molecule has 0 bridgehead atoms. The Kier molecular flexibility index (Phi) is 5.33. The number of benzene rings is 1. The normalized spacial score (nSPS) is 10.2. The van der Waals surface area contributed by atoms with E-state index in [1.165, 1.54) is 6.07 Å². The fourth-order valence-corrected chi connectivity index (χ4v) is 1.03. The van der Waals surface area contributed by atoms with Crippen molar-refractivity contribution in [2.45, 2.75) is 6.18 Å². The van der Waals surface area contributed by atoms with Crippen LogP contribution < -0.4 is 5.73 Å². The van der Waals surface area contributed by atoms with Crippen molar-refractivity contribution in [3.05, 3.63) is 29.3 Å². The van der Waals surface area contributed by atoms with Gasteiger partial charge < -0.3 is 10.8 Å². The fourth-order valence-electron chi connectivity index (χ4n) is 1.03. The molecule has 0 radical (unpaired) electrons. The van der Waals surface area contributed by atoms with Crippen LogP contribution >= 0.6 is 0 Å². The highest BCUT2D eigenvalue weighted by Gasteiger charge is 2.36. The topological polar surface area (TPSA) is 87.2 Å². The number of halogens is 3. The number of aldehydes is 1. The molecule has 17 heavy (non-hydrogen) atoms. The number of hydrogen-bond acceptors (Lipinski definition) is 4. The molecule has 94 valence electrons. The summed E-state index contributed by atoms with van der Waals surface area (Å²) in [5.74, 6) is 0. The SMILES string of the molecule is CO.N=C(c1ccc(C=O)cc1N)C(F)(F)F. The molecule has 1 aromatic rings. The van der Waals surface area contributed by atoms with Crippen molar-refractivity contribution >= 4 is 17.7 Å². The van der Waals surface area contributed by atoms with E-state index in [2.05, 4.69) is 0 Å². The first-order valence-corrected chi connectivity index (χ1v) is 4.32. The zero-order chi connectivity index (χ0) is 13.6. The Hall–Kier alpha value is -1.89. The van der Waals surface area contributed by atoms with E-state index in [1.54, 1.807) is 0 Å². The monoisotopic (exact) mass is 248 g/mol. The predicted octanol–water partition coefficient (Wildman–Crippen LogP) is 1.62. The van der Waals surface area contributed by atoms with Crippen molar-refractivity contribution in [3.8, 4) is 0 Å². The van der Waals surface area contributed by atoms with Gasteiger partial charge in [-0.1, -0.05) is 12.1 Å². The van der Waals surface area contributed by atoms with E-state index in [0.29, 0.717) is 6.29 Å². The Balaban J connectivity index is 0.00000121. The first-order valence-electron chi connectivity index (χ1n) is 4.32. The van der Waals surface area contributed by atoms with Gasteiger partial charge in [0.05, 0.1) is 0 Å². The molecular weight excluding hydrogens is 237 g/mol. The number of rotatable bonds is 2. The highest BCUT2D eigenvalue weighted by atomic mass is 19.4. The number of carbonyl (C=O) groups is 1. The van der Waals surface area contributed by atoms with Crippen LogP contribution in [-0.2, 0) is 0 Å². The van der Waals surface area contributed by atoms with Crippen molar-refractivity contribution in [1.82, 2.24) is 0 Å². The fraction of sp³-hybridized carbons (Fsp3) is 0.200. The summed E-state index contributed by atoms with van der Waals surface area (Å²) in [6.07, 6.45) is -4.27. The van der Waals surface area contributed by atoms with E-state index in [4.69, 9.17) is 16.2 Å². The van der Waals surface area contributed by atoms with E-state index < -0.39 is 17.5 Å². The third-order valence-electron chi connectivity index (χ3n) is 1.76. The highest BCUT2D eigenvalue weighted by molar-refractivity contribution is 6.06. The minimum atomic E-state index is -4.74. The second-order valence-corrected chi connectivity index (χ2v) is 2.84. The van der Waals surface area contributed by atoms with E-state index >= 15 is 0 Å². The van der Waals surface area contributed by atoms with Crippen molar-refractivity contribution in [1.29, 1.82) is 5.41 Å². The summed E-state index contributed by atoms with van der Waals surface area (Å²) in [5.41, 5.74) is 3.29. The molecule has 0 fully saturated rings. The number of nitrogens with two attached hydrogens (primary N) is 1. The van der Waals surface area contributed by atoms with E-state index in [9.17, 15) is 18.0 Å². The van der Waals surface area contributed by atoms with Gasteiger partial charge >= 0.3 is 6.18 Å². The average molecular weight is 248 g/mol. The molecule has 0 aliphatic carbocycles. The third kappa shape index (κ3) is 3.87. The van der Waals surface area contributed by atoms with Crippen LogP contribution in [0.15, 0.2) is 18.2 Å². The van der Waals surface area contributed by atoms with Gasteiger partial charge in [0.25, 0.3) is 0 Å². The van der Waals surface area contributed by atoms with Gasteiger partial charge in [0, 0.05) is 23.9 Å². The lowest BCUT2D eigenvalue weighted by Gasteiger charge is -2.10. The van der Waals surface area contributed by atoms with Crippen LogP contribution in [0.3, 0.4) is 0 Å². The van der Waals surface area contributed by atoms with E-state index in [0.717, 1.165) is 19.2 Å². The molecule has 1 rings (SSSR count). The van der Waals surface area contributed by atoms with Crippen LogP contribution in [0.5, 0.6) is 0 Å². The standard InChI is InChI=1S/C9H7F3N2O.CH4O/c10-9(11,12)8(14)6-2-1-5(4-15)3-7(6)13;1-2/h1-4,14H,13H2;2H,1H3. The summed E-state index contributed by atoms with van der Waals surface area (Å²) in [6.45, 7) is 0. The predicted molar refractivity (Wildman–Crippen MR) is 57.3 cm³/mol. The van der Waals surface area contributed by atoms with Crippen molar-refractivity contribution in [2.75, 3.05) is 12.8 Å². The maximum atomic E-state index is 12.1. The van der Waals surface area contributed by atoms with Gasteiger partial charge in [-0.2, -0.15) is 13.2 Å². The summed E-state index contributed by atoms with van der Waals surface area (Å²) >= 11 is 0. The Morgan fingerprint density at radius 1 is 1.41 bits per heavy atom. The van der Waals surface area contributed by atoms with Crippen LogP contribution in [0, 0.1) is 5.41 Å². The Labute approximate surface area is 95.4 Å². The largest absolute Gasteiger partial charge is 0.433 e. The number of aliphatic hydroxyl groups excluding tert-OH is 1. The van der Waals surface area contributed by atoms with Gasteiger partial charge in [0.15, 0.2) is 0 Å². The molecule has 0 heterocycles. The number of nitrogen functional groups attached to an aromatic ring is 1. The van der Waals surface area contributed by atoms with Crippen LogP contribution in [0.2, 0.25) is 0 Å².